The Kier molecular flexibility index (Phi) is 5.23. The lowest BCUT2D eigenvalue weighted by atomic mass is 10.0. The Bertz CT molecular complexity index is 967. The summed E-state index contributed by atoms with van der Waals surface area (Å²) in [5.41, 5.74) is 4.84. The SMILES string of the molecule is C=C/C=C1/C(=O)N(c2cccc(-c3ccccc3)c2)/C(=C/C=C)C(=C)N1C. The van der Waals surface area contributed by atoms with Gasteiger partial charge in [-0.2, -0.15) is 0 Å². The monoisotopic (exact) mass is 354 g/mol. The molecule has 0 saturated carbocycles. The van der Waals surface area contributed by atoms with Gasteiger partial charge in [0.25, 0.3) is 5.91 Å². The van der Waals surface area contributed by atoms with Crippen LogP contribution < -0.4 is 4.90 Å². The van der Waals surface area contributed by atoms with Gasteiger partial charge in [-0.3, -0.25) is 9.69 Å². The first kappa shape index (κ1) is 18.2. The summed E-state index contributed by atoms with van der Waals surface area (Å²) in [6.07, 6.45) is 6.78. The lowest BCUT2D eigenvalue weighted by Gasteiger charge is -2.38. The number of anilines is 1. The van der Waals surface area contributed by atoms with Crippen LogP contribution in [-0.4, -0.2) is 17.9 Å². The van der Waals surface area contributed by atoms with Crippen molar-refractivity contribution >= 4 is 11.6 Å². The third kappa shape index (κ3) is 3.40. The molecule has 0 aliphatic carbocycles. The fourth-order valence-electron chi connectivity index (χ4n) is 3.10. The number of piperazine rings is 1. The van der Waals surface area contributed by atoms with Gasteiger partial charge in [0, 0.05) is 12.7 Å². The van der Waals surface area contributed by atoms with Gasteiger partial charge in [0.05, 0.1) is 11.4 Å². The number of rotatable bonds is 4. The number of hydrogen-bond donors (Lipinski definition) is 0. The van der Waals surface area contributed by atoms with Gasteiger partial charge in [-0.1, -0.05) is 74.4 Å². The number of nitrogens with zero attached hydrogens (tertiary/aromatic N) is 2. The van der Waals surface area contributed by atoms with Gasteiger partial charge in [-0.05, 0) is 35.4 Å². The second-order valence-electron chi connectivity index (χ2n) is 6.14. The highest BCUT2D eigenvalue weighted by atomic mass is 16.2. The number of carbonyl (C=O) groups is 1. The second-order valence-corrected chi connectivity index (χ2v) is 6.14. The summed E-state index contributed by atoms with van der Waals surface area (Å²) in [4.78, 5) is 16.7. The zero-order valence-electron chi connectivity index (χ0n) is 15.4. The maximum Gasteiger partial charge on any atom is 0.279 e. The van der Waals surface area contributed by atoms with Crippen LogP contribution in [0.4, 0.5) is 5.69 Å². The summed E-state index contributed by atoms with van der Waals surface area (Å²) in [6.45, 7) is 11.7. The summed E-state index contributed by atoms with van der Waals surface area (Å²) in [5, 5.41) is 0. The summed E-state index contributed by atoms with van der Waals surface area (Å²) >= 11 is 0. The summed E-state index contributed by atoms with van der Waals surface area (Å²) in [6, 6.07) is 18.0. The van der Waals surface area contributed by atoms with Crippen LogP contribution in [0.15, 0.2) is 116 Å². The van der Waals surface area contributed by atoms with Crippen LogP contribution in [0, 0.1) is 0 Å². The summed E-state index contributed by atoms with van der Waals surface area (Å²) < 4.78 is 0. The van der Waals surface area contributed by atoms with E-state index in [1.165, 1.54) is 0 Å². The minimum absolute atomic E-state index is 0.136. The zero-order valence-corrected chi connectivity index (χ0v) is 15.4. The van der Waals surface area contributed by atoms with Crippen molar-refractivity contribution in [3.63, 3.8) is 0 Å². The molecular formula is C24H22N2O. The number of carbonyl (C=O) groups excluding carboxylic acids is 1. The van der Waals surface area contributed by atoms with E-state index in [-0.39, 0.29) is 5.91 Å². The Morgan fingerprint density at radius 3 is 2.15 bits per heavy atom. The number of allylic oxidation sites excluding steroid dienone is 4. The largest absolute Gasteiger partial charge is 0.339 e. The molecule has 3 rings (SSSR count). The van der Waals surface area contributed by atoms with E-state index in [1.54, 1.807) is 34.1 Å². The molecule has 1 amide bonds. The van der Waals surface area contributed by atoms with E-state index in [9.17, 15) is 4.79 Å². The molecule has 0 unspecified atom stereocenters. The first-order valence-electron chi connectivity index (χ1n) is 8.67. The summed E-state index contributed by atoms with van der Waals surface area (Å²) in [5.74, 6) is -0.136. The molecule has 27 heavy (non-hydrogen) atoms. The highest BCUT2D eigenvalue weighted by Crippen LogP contribution is 2.35. The number of amides is 1. The van der Waals surface area contributed by atoms with Gasteiger partial charge >= 0.3 is 0 Å². The highest BCUT2D eigenvalue weighted by Gasteiger charge is 2.34. The molecule has 1 heterocycles. The van der Waals surface area contributed by atoms with Crippen LogP contribution >= 0.6 is 0 Å². The van der Waals surface area contributed by atoms with Crippen LogP contribution in [0.2, 0.25) is 0 Å². The fourth-order valence-corrected chi connectivity index (χ4v) is 3.10. The van der Waals surface area contributed by atoms with Gasteiger partial charge in [0.15, 0.2) is 0 Å². The van der Waals surface area contributed by atoms with Crippen LogP contribution in [0.1, 0.15) is 0 Å². The molecule has 1 aliphatic heterocycles. The Balaban J connectivity index is 2.15. The fraction of sp³-hybridized carbons (Fsp3) is 0.0417. The van der Waals surface area contributed by atoms with Crippen molar-refractivity contribution in [3.05, 3.63) is 116 Å². The molecule has 2 aromatic rings. The maximum atomic E-state index is 13.3. The average molecular weight is 354 g/mol. The molecule has 2 aromatic carbocycles. The van der Waals surface area contributed by atoms with Crippen LogP contribution in [0.3, 0.4) is 0 Å². The Hall–Kier alpha value is -3.59. The molecule has 3 heteroatoms. The third-order valence-corrected chi connectivity index (χ3v) is 4.49. The molecule has 0 aromatic heterocycles. The molecule has 0 N–H and O–H groups in total. The lowest BCUT2D eigenvalue weighted by Crippen LogP contribution is -2.44. The zero-order chi connectivity index (χ0) is 19.4. The Labute approximate surface area is 160 Å². The first-order valence-corrected chi connectivity index (χ1v) is 8.67. The molecule has 134 valence electrons. The van der Waals surface area contributed by atoms with Crippen LogP contribution in [0.5, 0.6) is 0 Å². The van der Waals surface area contributed by atoms with Gasteiger partial charge in [-0.15, -0.1) is 0 Å². The van der Waals surface area contributed by atoms with Crippen molar-refractivity contribution in [1.29, 1.82) is 0 Å². The summed E-state index contributed by atoms with van der Waals surface area (Å²) in [7, 11) is 1.82. The van der Waals surface area contributed by atoms with Crippen molar-refractivity contribution in [3.8, 4) is 11.1 Å². The average Bonchev–Trinajstić information content (AvgIpc) is 2.70. The van der Waals surface area contributed by atoms with Crippen molar-refractivity contribution in [1.82, 2.24) is 4.90 Å². The first-order chi connectivity index (χ1) is 13.1. The van der Waals surface area contributed by atoms with Gasteiger partial charge in [-0.25, -0.2) is 0 Å². The molecule has 0 spiro atoms. The van der Waals surface area contributed by atoms with Crippen molar-refractivity contribution in [2.45, 2.75) is 0 Å². The topological polar surface area (TPSA) is 23.6 Å². The van der Waals surface area contributed by atoms with E-state index in [4.69, 9.17) is 0 Å². The van der Waals surface area contributed by atoms with Gasteiger partial charge < -0.3 is 4.90 Å². The molecule has 0 radical (unpaired) electrons. The molecule has 0 bridgehead atoms. The van der Waals surface area contributed by atoms with E-state index in [1.807, 2.05) is 61.6 Å². The second kappa shape index (κ2) is 7.75. The van der Waals surface area contributed by atoms with Crippen molar-refractivity contribution < 1.29 is 4.79 Å². The van der Waals surface area contributed by atoms with E-state index in [0.29, 0.717) is 17.1 Å². The molecular weight excluding hydrogens is 332 g/mol. The minimum Gasteiger partial charge on any atom is -0.339 e. The normalized spacial score (nSPS) is 17.5. The quantitative estimate of drug-likeness (QED) is 0.697. The molecule has 1 saturated heterocycles. The third-order valence-electron chi connectivity index (χ3n) is 4.49. The molecule has 1 fully saturated rings. The smallest absolute Gasteiger partial charge is 0.279 e. The molecule has 0 atom stereocenters. The number of hydrogen-bond acceptors (Lipinski definition) is 2. The van der Waals surface area contributed by atoms with E-state index in [2.05, 4.69) is 19.7 Å². The predicted molar refractivity (Wildman–Crippen MR) is 113 cm³/mol. The molecule has 1 aliphatic rings. The van der Waals surface area contributed by atoms with Crippen molar-refractivity contribution in [2.75, 3.05) is 11.9 Å². The van der Waals surface area contributed by atoms with Crippen LogP contribution in [-0.2, 0) is 4.79 Å². The number of benzene rings is 2. The van der Waals surface area contributed by atoms with E-state index in [0.717, 1.165) is 16.8 Å². The standard InChI is InChI=1S/C24H22N2O/c1-5-11-22-18(3)25(4)23(12-6-2)24(27)26(22)21-16-10-15-20(17-21)19-13-8-7-9-14-19/h5-17H,1-3H2,4H3/b22-11+,23-12-. The maximum absolute atomic E-state index is 13.3. The Morgan fingerprint density at radius 2 is 1.48 bits per heavy atom. The Morgan fingerprint density at radius 1 is 0.852 bits per heavy atom. The lowest BCUT2D eigenvalue weighted by molar-refractivity contribution is -0.116. The van der Waals surface area contributed by atoms with Crippen molar-refractivity contribution in [2.24, 2.45) is 0 Å². The number of likely N-dealkylation sites (N-methyl/N-ethyl adjacent to an activating group) is 1. The predicted octanol–water partition coefficient (Wildman–Crippen LogP) is 5.29. The van der Waals surface area contributed by atoms with E-state index < -0.39 is 0 Å². The molecule has 3 nitrogen and oxygen atoms in total. The van der Waals surface area contributed by atoms with Crippen LogP contribution in [0.25, 0.3) is 11.1 Å². The van der Waals surface area contributed by atoms with E-state index >= 15 is 0 Å². The highest BCUT2D eigenvalue weighted by molar-refractivity contribution is 6.10. The minimum atomic E-state index is -0.136. The van der Waals surface area contributed by atoms with Gasteiger partial charge in [0.2, 0.25) is 0 Å². The van der Waals surface area contributed by atoms with Gasteiger partial charge in [0.1, 0.15) is 5.70 Å².